The molecule has 168 valence electrons. The topological polar surface area (TPSA) is 92.7 Å². The minimum atomic E-state index is -0.930. The molecule has 32 heavy (non-hydrogen) atoms. The minimum Gasteiger partial charge on any atom is -0.493 e. The van der Waals surface area contributed by atoms with Crippen LogP contribution in [0.25, 0.3) is 11.6 Å². The van der Waals surface area contributed by atoms with E-state index in [0.717, 1.165) is 0 Å². The Balaban J connectivity index is 1.89. The van der Waals surface area contributed by atoms with Crippen molar-refractivity contribution in [3.05, 3.63) is 59.0 Å². The number of rotatable bonds is 6. The van der Waals surface area contributed by atoms with Gasteiger partial charge < -0.3 is 33.5 Å². The monoisotopic (exact) mass is 440 g/mol. The van der Waals surface area contributed by atoms with Crippen molar-refractivity contribution in [2.45, 2.75) is 12.2 Å². The van der Waals surface area contributed by atoms with E-state index in [1.807, 2.05) is 0 Å². The van der Waals surface area contributed by atoms with Gasteiger partial charge in [-0.25, -0.2) is 0 Å². The molecule has 2 aromatic rings. The molecule has 2 aliphatic rings. The van der Waals surface area contributed by atoms with E-state index in [-0.39, 0.29) is 23.7 Å². The number of benzene rings is 2. The Bertz CT molecular complexity index is 1100. The zero-order valence-corrected chi connectivity index (χ0v) is 18.2. The average molecular weight is 440 g/mol. The van der Waals surface area contributed by atoms with Crippen LogP contribution in [0, 0.1) is 0 Å². The number of para-hydroxylation sites is 2. The van der Waals surface area contributed by atoms with Crippen molar-refractivity contribution in [3.8, 4) is 23.0 Å². The van der Waals surface area contributed by atoms with Gasteiger partial charge in [-0.2, -0.15) is 0 Å². The van der Waals surface area contributed by atoms with Crippen molar-refractivity contribution in [1.82, 2.24) is 0 Å². The van der Waals surface area contributed by atoms with E-state index in [1.54, 1.807) is 42.5 Å². The lowest BCUT2D eigenvalue weighted by Crippen LogP contribution is -2.32. The number of ketones is 1. The van der Waals surface area contributed by atoms with E-state index in [9.17, 15) is 9.90 Å². The summed E-state index contributed by atoms with van der Waals surface area (Å²) in [5, 5.41) is 10.4. The highest BCUT2D eigenvalue weighted by molar-refractivity contribution is 6.31. The predicted molar refractivity (Wildman–Crippen MR) is 116 cm³/mol. The number of methoxy groups -OCH3 is 4. The number of fused-ring (bicyclic) bond motifs is 1. The normalized spacial score (nSPS) is 21.0. The standard InChI is InChI=1S/C24H24O8/c1-27-16-9-5-7-13(21(16)29-3)11-18-20(26)19(24-23(32-18)15(25)12-31-24)14-8-6-10-17(28-2)22(14)30-4/h5-11,15,23,25H,12H2,1-4H3/b18-11-/t15-,23-/m1/s1. The Morgan fingerprint density at radius 3 is 2.25 bits per heavy atom. The van der Waals surface area contributed by atoms with Gasteiger partial charge in [0.25, 0.3) is 0 Å². The molecule has 8 heteroatoms. The van der Waals surface area contributed by atoms with Crippen LogP contribution in [0.1, 0.15) is 11.1 Å². The molecule has 1 saturated heterocycles. The van der Waals surface area contributed by atoms with E-state index >= 15 is 0 Å². The van der Waals surface area contributed by atoms with E-state index in [2.05, 4.69) is 0 Å². The molecule has 0 unspecified atom stereocenters. The van der Waals surface area contributed by atoms with Crippen LogP contribution in [-0.4, -0.2) is 58.1 Å². The van der Waals surface area contributed by atoms with Crippen LogP contribution in [0.4, 0.5) is 0 Å². The van der Waals surface area contributed by atoms with Crippen molar-refractivity contribution < 1.29 is 38.3 Å². The molecule has 0 bridgehead atoms. The Labute approximate surface area is 185 Å². The maximum Gasteiger partial charge on any atom is 0.231 e. The molecular formula is C24H24O8. The molecule has 1 N–H and O–H groups in total. The second-order valence-corrected chi connectivity index (χ2v) is 7.12. The predicted octanol–water partition coefficient (Wildman–Crippen LogP) is 2.83. The lowest BCUT2D eigenvalue weighted by molar-refractivity contribution is -0.116. The second kappa shape index (κ2) is 8.84. The van der Waals surface area contributed by atoms with Crippen LogP contribution < -0.4 is 18.9 Å². The molecule has 4 rings (SSSR count). The average Bonchev–Trinajstić information content (AvgIpc) is 3.18. The Morgan fingerprint density at radius 2 is 1.59 bits per heavy atom. The summed E-state index contributed by atoms with van der Waals surface area (Å²) in [5.74, 6) is 1.71. The first kappa shape index (κ1) is 21.6. The highest BCUT2D eigenvalue weighted by Crippen LogP contribution is 2.44. The number of allylic oxidation sites excluding steroid dienone is 1. The van der Waals surface area contributed by atoms with Crippen LogP contribution in [0.5, 0.6) is 23.0 Å². The number of hydrogen-bond acceptors (Lipinski definition) is 8. The lowest BCUT2D eigenvalue weighted by atomic mass is 9.92. The van der Waals surface area contributed by atoms with Gasteiger partial charge in [-0.1, -0.05) is 24.3 Å². The maximum atomic E-state index is 13.6. The summed E-state index contributed by atoms with van der Waals surface area (Å²) in [6.07, 6.45) is -0.195. The number of Topliss-reactive ketones (excluding diaryl/α,β-unsaturated/α-hetero) is 1. The number of carbonyl (C=O) groups excluding carboxylic acids is 1. The number of hydrogen-bond donors (Lipinski definition) is 1. The van der Waals surface area contributed by atoms with Crippen LogP contribution >= 0.6 is 0 Å². The summed E-state index contributed by atoms with van der Waals surface area (Å²) >= 11 is 0. The number of carbonyl (C=O) groups is 1. The third-order valence-corrected chi connectivity index (χ3v) is 5.36. The van der Waals surface area contributed by atoms with Crippen LogP contribution in [0.15, 0.2) is 47.9 Å². The Morgan fingerprint density at radius 1 is 0.938 bits per heavy atom. The van der Waals surface area contributed by atoms with Crippen molar-refractivity contribution in [2.75, 3.05) is 35.0 Å². The van der Waals surface area contributed by atoms with Gasteiger partial charge in [-0.15, -0.1) is 0 Å². The van der Waals surface area contributed by atoms with E-state index < -0.39 is 18.0 Å². The fourth-order valence-electron chi connectivity index (χ4n) is 3.90. The van der Waals surface area contributed by atoms with E-state index in [4.69, 9.17) is 28.4 Å². The Kier molecular flexibility index (Phi) is 5.96. The van der Waals surface area contributed by atoms with Crippen LogP contribution in [0.3, 0.4) is 0 Å². The van der Waals surface area contributed by atoms with Gasteiger partial charge in [0.15, 0.2) is 40.6 Å². The minimum absolute atomic E-state index is 0.0127. The summed E-state index contributed by atoms with van der Waals surface area (Å²) in [6.45, 7) is 0.0127. The molecule has 0 aliphatic carbocycles. The first-order valence-electron chi connectivity index (χ1n) is 9.94. The molecule has 2 heterocycles. The first-order chi connectivity index (χ1) is 15.5. The van der Waals surface area contributed by atoms with Crippen molar-refractivity contribution in [1.29, 1.82) is 0 Å². The largest absolute Gasteiger partial charge is 0.493 e. The summed E-state index contributed by atoms with van der Waals surface area (Å²) in [7, 11) is 6.06. The summed E-state index contributed by atoms with van der Waals surface area (Å²) in [4.78, 5) is 13.6. The van der Waals surface area contributed by atoms with Gasteiger partial charge in [-0.05, 0) is 18.2 Å². The van der Waals surface area contributed by atoms with Crippen molar-refractivity contribution in [3.63, 3.8) is 0 Å². The van der Waals surface area contributed by atoms with Gasteiger partial charge in [0.05, 0.1) is 34.0 Å². The van der Waals surface area contributed by atoms with Gasteiger partial charge in [0.2, 0.25) is 5.78 Å². The molecular weight excluding hydrogens is 416 g/mol. The molecule has 0 saturated carbocycles. The summed E-state index contributed by atoms with van der Waals surface area (Å²) in [6, 6.07) is 10.5. The fourth-order valence-corrected chi connectivity index (χ4v) is 3.90. The lowest BCUT2D eigenvalue weighted by Gasteiger charge is -2.26. The number of aliphatic hydroxyl groups is 1. The van der Waals surface area contributed by atoms with Gasteiger partial charge in [0.1, 0.15) is 12.7 Å². The maximum absolute atomic E-state index is 13.6. The molecule has 0 spiro atoms. The first-order valence-corrected chi connectivity index (χ1v) is 9.94. The summed E-state index contributed by atoms with van der Waals surface area (Å²) in [5.41, 5.74) is 1.32. The molecule has 0 radical (unpaired) electrons. The van der Waals surface area contributed by atoms with E-state index in [0.29, 0.717) is 34.1 Å². The third kappa shape index (κ3) is 3.52. The highest BCUT2D eigenvalue weighted by Gasteiger charge is 2.45. The van der Waals surface area contributed by atoms with Crippen LogP contribution in [0.2, 0.25) is 0 Å². The smallest absolute Gasteiger partial charge is 0.231 e. The van der Waals surface area contributed by atoms with Gasteiger partial charge in [0, 0.05) is 11.1 Å². The van der Waals surface area contributed by atoms with Crippen LogP contribution in [-0.2, 0) is 14.3 Å². The Hall–Kier alpha value is -3.65. The van der Waals surface area contributed by atoms with Gasteiger partial charge >= 0.3 is 0 Å². The molecule has 2 atom stereocenters. The molecule has 0 aromatic heterocycles. The van der Waals surface area contributed by atoms with Crippen molar-refractivity contribution in [2.24, 2.45) is 0 Å². The van der Waals surface area contributed by atoms with E-state index in [1.165, 1.54) is 28.4 Å². The SMILES string of the molecule is COc1cccc(/C=C2\O[C@H]3C(=C(c4cccc(OC)c4OC)C2=O)OC[C@H]3O)c1OC. The third-order valence-electron chi connectivity index (χ3n) is 5.36. The quantitative estimate of drug-likeness (QED) is 0.686. The zero-order valence-electron chi connectivity index (χ0n) is 18.2. The molecule has 1 fully saturated rings. The summed E-state index contributed by atoms with van der Waals surface area (Å²) < 4.78 is 33.3. The molecule has 2 aromatic carbocycles. The molecule has 2 aliphatic heterocycles. The fraction of sp³-hybridized carbons (Fsp3) is 0.292. The van der Waals surface area contributed by atoms with Crippen molar-refractivity contribution >= 4 is 17.4 Å². The molecule has 8 nitrogen and oxygen atoms in total. The zero-order chi connectivity index (χ0) is 22.8. The second-order valence-electron chi connectivity index (χ2n) is 7.12. The number of ether oxygens (including phenoxy) is 6. The molecule has 0 amide bonds. The number of aliphatic hydroxyl groups excluding tert-OH is 1. The van der Waals surface area contributed by atoms with Gasteiger partial charge in [-0.3, -0.25) is 4.79 Å². The highest BCUT2D eigenvalue weighted by atomic mass is 16.6.